The van der Waals surface area contributed by atoms with Gasteiger partial charge in [-0.1, -0.05) is 11.6 Å². The number of aromatic nitrogens is 1. The van der Waals surface area contributed by atoms with E-state index in [1.54, 1.807) is 19.2 Å². The van der Waals surface area contributed by atoms with Crippen LogP contribution < -0.4 is 10.1 Å². The van der Waals surface area contributed by atoms with E-state index in [9.17, 15) is 0 Å². The van der Waals surface area contributed by atoms with Gasteiger partial charge in [-0.25, -0.2) is 0 Å². The monoisotopic (exact) mass is 279 g/mol. The lowest BCUT2D eigenvalue weighted by atomic mass is 10.2. The Morgan fingerprint density at radius 1 is 1.50 bits per heavy atom. The zero-order valence-electron chi connectivity index (χ0n) is 9.82. The molecule has 1 N–H and O–H groups in total. The summed E-state index contributed by atoms with van der Waals surface area (Å²) in [7, 11) is 1.56. The van der Waals surface area contributed by atoms with Gasteiger partial charge in [0.05, 0.1) is 17.8 Å². The molecule has 0 radical (unpaired) electrons. The van der Waals surface area contributed by atoms with Crippen LogP contribution in [0.1, 0.15) is 11.3 Å². The van der Waals surface area contributed by atoms with E-state index in [4.69, 9.17) is 21.6 Å². The SMILES string of the molecule is COc1cc(Nc2snc(C)c2C#N)ccc1Cl. The first-order chi connectivity index (χ1) is 8.65. The van der Waals surface area contributed by atoms with Crippen molar-refractivity contribution in [2.24, 2.45) is 0 Å². The van der Waals surface area contributed by atoms with Gasteiger partial charge in [0.25, 0.3) is 0 Å². The van der Waals surface area contributed by atoms with Crippen LogP contribution in [-0.4, -0.2) is 11.5 Å². The number of ether oxygens (including phenoxy) is 1. The molecule has 0 saturated heterocycles. The summed E-state index contributed by atoms with van der Waals surface area (Å²) < 4.78 is 9.28. The van der Waals surface area contributed by atoms with Gasteiger partial charge in [0.1, 0.15) is 22.4 Å². The van der Waals surface area contributed by atoms with Crippen LogP contribution in [0.25, 0.3) is 0 Å². The minimum atomic E-state index is 0.545. The number of methoxy groups -OCH3 is 1. The molecule has 0 unspecified atom stereocenters. The highest BCUT2D eigenvalue weighted by molar-refractivity contribution is 7.10. The lowest BCUT2D eigenvalue weighted by Crippen LogP contribution is -1.92. The molecule has 6 heteroatoms. The highest BCUT2D eigenvalue weighted by Gasteiger charge is 2.11. The van der Waals surface area contributed by atoms with Gasteiger partial charge in [-0.05, 0) is 30.6 Å². The first-order valence-electron chi connectivity index (χ1n) is 5.12. The molecule has 0 saturated carbocycles. The molecule has 2 rings (SSSR count). The fourth-order valence-electron chi connectivity index (χ4n) is 1.46. The van der Waals surface area contributed by atoms with Crippen molar-refractivity contribution in [1.29, 1.82) is 5.26 Å². The molecule has 0 aliphatic rings. The maximum absolute atomic E-state index is 9.04. The highest BCUT2D eigenvalue weighted by atomic mass is 35.5. The second-order valence-corrected chi connectivity index (χ2v) is 4.74. The summed E-state index contributed by atoms with van der Waals surface area (Å²) in [6, 6.07) is 7.47. The summed E-state index contributed by atoms with van der Waals surface area (Å²) >= 11 is 7.20. The number of aryl methyl sites for hydroxylation is 1. The van der Waals surface area contributed by atoms with E-state index in [2.05, 4.69) is 15.8 Å². The van der Waals surface area contributed by atoms with Crippen molar-refractivity contribution in [3.63, 3.8) is 0 Å². The normalized spacial score (nSPS) is 9.89. The largest absolute Gasteiger partial charge is 0.495 e. The molecule has 0 bridgehead atoms. The predicted octanol–water partition coefficient (Wildman–Crippen LogP) is 3.73. The van der Waals surface area contributed by atoms with Gasteiger partial charge in [-0.15, -0.1) is 0 Å². The molecule has 1 aromatic heterocycles. The summed E-state index contributed by atoms with van der Waals surface area (Å²) in [5, 5.41) is 13.5. The Labute approximate surface area is 114 Å². The van der Waals surface area contributed by atoms with E-state index in [0.29, 0.717) is 16.3 Å². The first-order valence-corrected chi connectivity index (χ1v) is 6.27. The predicted molar refractivity (Wildman–Crippen MR) is 72.9 cm³/mol. The van der Waals surface area contributed by atoms with Crippen molar-refractivity contribution in [2.75, 3.05) is 12.4 Å². The topological polar surface area (TPSA) is 57.9 Å². The van der Waals surface area contributed by atoms with Crippen molar-refractivity contribution in [1.82, 2.24) is 4.37 Å². The standard InChI is InChI=1S/C12H10ClN3OS/c1-7-9(6-14)12(18-16-7)15-8-3-4-10(13)11(5-8)17-2/h3-5,15H,1-2H3. The lowest BCUT2D eigenvalue weighted by molar-refractivity contribution is 0.415. The van der Waals surface area contributed by atoms with Crippen LogP contribution in [-0.2, 0) is 0 Å². The van der Waals surface area contributed by atoms with Crippen molar-refractivity contribution in [3.05, 3.63) is 34.5 Å². The Hall–Kier alpha value is -1.77. The average Bonchev–Trinajstić information content (AvgIpc) is 2.72. The molecule has 0 aliphatic carbocycles. The number of nitrogens with one attached hydrogen (secondary N) is 1. The zero-order valence-corrected chi connectivity index (χ0v) is 11.4. The van der Waals surface area contributed by atoms with Crippen molar-refractivity contribution in [2.45, 2.75) is 6.92 Å². The fraction of sp³-hybridized carbons (Fsp3) is 0.167. The van der Waals surface area contributed by atoms with Crippen molar-refractivity contribution >= 4 is 33.8 Å². The molecule has 4 nitrogen and oxygen atoms in total. The number of hydrogen-bond acceptors (Lipinski definition) is 5. The number of halogens is 1. The number of anilines is 2. The fourth-order valence-corrected chi connectivity index (χ4v) is 2.42. The van der Waals surface area contributed by atoms with Gasteiger partial charge in [0, 0.05) is 11.8 Å². The van der Waals surface area contributed by atoms with Gasteiger partial charge in [-0.2, -0.15) is 9.64 Å². The summed E-state index contributed by atoms with van der Waals surface area (Å²) in [4.78, 5) is 0. The van der Waals surface area contributed by atoms with Crippen LogP contribution in [0.3, 0.4) is 0 Å². The van der Waals surface area contributed by atoms with Crippen LogP contribution in [0.4, 0.5) is 10.7 Å². The quantitative estimate of drug-likeness (QED) is 0.930. The maximum Gasteiger partial charge on any atom is 0.139 e. The number of rotatable bonds is 3. The van der Waals surface area contributed by atoms with Crippen LogP contribution in [0.2, 0.25) is 5.02 Å². The second-order valence-electron chi connectivity index (χ2n) is 3.56. The molecule has 92 valence electrons. The Morgan fingerprint density at radius 3 is 2.94 bits per heavy atom. The summed E-state index contributed by atoms with van der Waals surface area (Å²) in [6.07, 6.45) is 0. The zero-order chi connectivity index (χ0) is 13.1. The van der Waals surface area contributed by atoms with Crippen LogP contribution in [0, 0.1) is 18.3 Å². The molecule has 0 fully saturated rings. The maximum atomic E-state index is 9.04. The van der Waals surface area contributed by atoms with E-state index in [1.165, 1.54) is 11.5 Å². The molecular formula is C12H10ClN3OS. The molecule has 0 amide bonds. The average molecular weight is 280 g/mol. The van der Waals surface area contributed by atoms with Gasteiger partial charge < -0.3 is 10.1 Å². The molecule has 1 aromatic carbocycles. The second kappa shape index (κ2) is 5.25. The minimum absolute atomic E-state index is 0.545. The Bertz CT molecular complexity index is 618. The molecule has 0 atom stereocenters. The summed E-state index contributed by atoms with van der Waals surface area (Å²) in [5.74, 6) is 0.585. The molecule has 1 heterocycles. The van der Waals surface area contributed by atoms with Crippen LogP contribution in [0.5, 0.6) is 5.75 Å². The van der Waals surface area contributed by atoms with E-state index in [0.717, 1.165) is 16.4 Å². The number of nitrogens with zero attached hydrogens (tertiary/aromatic N) is 2. The smallest absolute Gasteiger partial charge is 0.139 e. The van der Waals surface area contributed by atoms with Gasteiger partial charge in [0.2, 0.25) is 0 Å². The third kappa shape index (κ3) is 2.40. The van der Waals surface area contributed by atoms with E-state index >= 15 is 0 Å². The van der Waals surface area contributed by atoms with Gasteiger partial charge >= 0.3 is 0 Å². The summed E-state index contributed by atoms with van der Waals surface area (Å²) in [5.41, 5.74) is 2.09. The lowest BCUT2D eigenvalue weighted by Gasteiger charge is -2.07. The van der Waals surface area contributed by atoms with E-state index < -0.39 is 0 Å². The first kappa shape index (κ1) is 12.7. The molecule has 0 aliphatic heterocycles. The van der Waals surface area contributed by atoms with Gasteiger partial charge in [0.15, 0.2) is 0 Å². The number of benzene rings is 1. The summed E-state index contributed by atoms with van der Waals surface area (Å²) in [6.45, 7) is 1.81. The van der Waals surface area contributed by atoms with Gasteiger partial charge in [-0.3, -0.25) is 0 Å². The number of nitriles is 1. The highest BCUT2D eigenvalue weighted by Crippen LogP contribution is 2.31. The van der Waals surface area contributed by atoms with Crippen molar-refractivity contribution in [3.8, 4) is 11.8 Å². The Kier molecular flexibility index (Phi) is 3.70. The Balaban J connectivity index is 2.32. The minimum Gasteiger partial charge on any atom is -0.495 e. The van der Waals surface area contributed by atoms with E-state index in [1.807, 2.05) is 13.0 Å². The Morgan fingerprint density at radius 2 is 2.28 bits per heavy atom. The van der Waals surface area contributed by atoms with Crippen LogP contribution in [0.15, 0.2) is 18.2 Å². The van der Waals surface area contributed by atoms with Crippen LogP contribution >= 0.6 is 23.1 Å². The molecular weight excluding hydrogens is 270 g/mol. The molecule has 0 spiro atoms. The molecule has 18 heavy (non-hydrogen) atoms. The van der Waals surface area contributed by atoms with E-state index in [-0.39, 0.29) is 0 Å². The third-order valence-electron chi connectivity index (χ3n) is 2.38. The molecule has 2 aromatic rings. The third-order valence-corrected chi connectivity index (χ3v) is 3.55. The van der Waals surface area contributed by atoms with Crippen molar-refractivity contribution < 1.29 is 4.74 Å². The number of hydrogen-bond donors (Lipinski definition) is 1.